The Hall–Kier alpha value is -2.14. The van der Waals surface area contributed by atoms with Crippen LogP contribution in [0, 0.1) is 0 Å². The topological polar surface area (TPSA) is 58.2 Å². The minimum absolute atomic E-state index is 0.00509. The summed E-state index contributed by atoms with van der Waals surface area (Å²) in [5.74, 6) is 0.00509. The van der Waals surface area contributed by atoms with Crippen LogP contribution in [0.5, 0.6) is 0 Å². The fourth-order valence-electron chi connectivity index (χ4n) is 1.93. The fourth-order valence-corrected chi connectivity index (χ4v) is 2.20. The van der Waals surface area contributed by atoms with Crippen molar-refractivity contribution in [2.75, 3.05) is 11.9 Å². The Morgan fingerprint density at radius 2 is 1.64 bits per heavy atom. The molecule has 0 spiro atoms. The molecule has 0 radical (unpaired) electrons. The lowest BCUT2D eigenvalue weighted by Gasteiger charge is -2.08. The number of benzene rings is 2. The van der Waals surface area contributed by atoms with E-state index >= 15 is 0 Å². The van der Waals surface area contributed by atoms with Gasteiger partial charge in [0, 0.05) is 22.3 Å². The molecule has 4 nitrogen and oxygen atoms in total. The quantitative estimate of drug-likeness (QED) is 0.791. The average molecular weight is 361 g/mol. The van der Waals surface area contributed by atoms with E-state index in [4.69, 9.17) is 0 Å². The van der Waals surface area contributed by atoms with Gasteiger partial charge in [-0.1, -0.05) is 28.1 Å². The van der Waals surface area contributed by atoms with E-state index in [0.29, 0.717) is 17.8 Å². The molecule has 0 unspecified atom stereocenters. The first-order valence-electron chi connectivity index (χ1n) is 6.95. The summed E-state index contributed by atoms with van der Waals surface area (Å²) >= 11 is 3.39. The number of rotatable bonds is 5. The molecule has 0 saturated heterocycles. The second-order valence-corrected chi connectivity index (χ2v) is 5.81. The SMILES string of the molecule is CC(=O)c1ccc(NC(=O)NCCc2ccc(Br)cc2)cc1. The highest BCUT2D eigenvalue weighted by molar-refractivity contribution is 9.10. The Labute approximate surface area is 138 Å². The van der Waals surface area contributed by atoms with E-state index in [1.807, 2.05) is 24.3 Å². The maximum atomic E-state index is 11.8. The number of ketones is 1. The van der Waals surface area contributed by atoms with Gasteiger partial charge in [0.1, 0.15) is 0 Å². The Kier molecular flexibility index (Phi) is 5.72. The van der Waals surface area contributed by atoms with Crippen LogP contribution in [0.1, 0.15) is 22.8 Å². The molecule has 0 heterocycles. The monoisotopic (exact) mass is 360 g/mol. The van der Waals surface area contributed by atoms with E-state index in [9.17, 15) is 9.59 Å². The van der Waals surface area contributed by atoms with Crippen LogP contribution in [0.25, 0.3) is 0 Å². The molecule has 5 heteroatoms. The zero-order valence-corrected chi connectivity index (χ0v) is 13.8. The number of hydrogen-bond donors (Lipinski definition) is 2. The lowest BCUT2D eigenvalue weighted by atomic mass is 10.1. The van der Waals surface area contributed by atoms with Gasteiger partial charge in [-0.2, -0.15) is 0 Å². The van der Waals surface area contributed by atoms with E-state index in [1.165, 1.54) is 6.92 Å². The second-order valence-electron chi connectivity index (χ2n) is 4.89. The summed E-state index contributed by atoms with van der Waals surface area (Å²) in [6.45, 7) is 2.07. The predicted octanol–water partition coefficient (Wildman–Crippen LogP) is 4.02. The molecule has 2 aromatic rings. The highest BCUT2D eigenvalue weighted by Crippen LogP contribution is 2.11. The molecule has 0 bridgehead atoms. The molecule has 0 fully saturated rings. The van der Waals surface area contributed by atoms with Crippen LogP contribution >= 0.6 is 15.9 Å². The molecular formula is C17H17BrN2O2. The molecule has 0 aliphatic rings. The Bertz CT molecular complexity index is 651. The summed E-state index contributed by atoms with van der Waals surface area (Å²) in [6.07, 6.45) is 0.768. The molecule has 2 aromatic carbocycles. The van der Waals surface area contributed by atoms with Crippen LogP contribution in [-0.2, 0) is 6.42 Å². The van der Waals surface area contributed by atoms with Gasteiger partial charge in [0.2, 0.25) is 0 Å². The highest BCUT2D eigenvalue weighted by Gasteiger charge is 2.03. The van der Waals surface area contributed by atoms with E-state index in [2.05, 4.69) is 26.6 Å². The van der Waals surface area contributed by atoms with Crippen molar-refractivity contribution in [3.63, 3.8) is 0 Å². The van der Waals surface area contributed by atoms with Crippen LogP contribution < -0.4 is 10.6 Å². The first-order chi connectivity index (χ1) is 10.5. The van der Waals surface area contributed by atoms with Gasteiger partial charge in [-0.05, 0) is 55.3 Å². The molecule has 2 amide bonds. The largest absolute Gasteiger partial charge is 0.338 e. The number of amides is 2. The number of Topliss-reactive ketones (excluding diaryl/α,β-unsaturated/α-hetero) is 1. The smallest absolute Gasteiger partial charge is 0.319 e. The Morgan fingerprint density at radius 1 is 1.00 bits per heavy atom. The van der Waals surface area contributed by atoms with Crippen LogP contribution in [0.4, 0.5) is 10.5 Å². The summed E-state index contributed by atoms with van der Waals surface area (Å²) in [7, 11) is 0. The summed E-state index contributed by atoms with van der Waals surface area (Å²) in [6, 6.07) is 14.6. The molecule has 0 aliphatic heterocycles. The average Bonchev–Trinajstić information content (AvgIpc) is 2.50. The number of carbonyl (C=O) groups excluding carboxylic acids is 2. The van der Waals surface area contributed by atoms with Crippen molar-refractivity contribution in [1.29, 1.82) is 0 Å². The zero-order valence-electron chi connectivity index (χ0n) is 12.2. The second kappa shape index (κ2) is 7.75. The molecule has 114 valence electrons. The molecular weight excluding hydrogens is 344 g/mol. The molecule has 22 heavy (non-hydrogen) atoms. The highest BCUT2D eigenvalue weighted by atomic mass is 79.9. The summed E-state index contributed by atoms with van der Waals surface area (Å²) in [4.78, 5) is 23.0. The number of urea groups is 1. The van der Waals surface area contributed by atoms with Crippen molar-refractivity contribution < 1.29 is 9.59 Å². The number of hydrogen-bond acceptors (Lipinski definition) is 2. The van der Waals surface area contributed by atoms with Gasteiger partial charge in [0.25, 0.3) is 0 Å². The maximum Gasteiger partial charge on any atom is 0.319 e. The number of halogens is 1. The molecule has 2 N–H and O–H groups in total. The van der Waals surface area contributed by atoms with Crippen molar-refractivity contribution in [3.8, 4) is 0 Å². The first-order valence-corrected chi connectivity index (χ1v) is 7.74. The normalized spacial score (nSPS) is 10.1. The van der Waals surface area contributed by atoms with E-state index in [0.717, 1.165) is 16.5 Å². The van der Waals surface area contributed by atoms with E-state index < -0.39 is 0 Å². The van der Waals surface area contributed by atoms with Gasteiger partial charge in [-0.15, -0.1) is 0 Å². The van der Waals surface area contributed by atoms with Crippen molar-refractivity contribution in [1.82, 2.24) is 5.32 Å². The van der Waals surface area contributed by atoms with Crippen LogP contribution in [0.15, 0.2) is 53.0 Å². The number of nitrogens with one attached hydrogen (secondary N) is 2. The van der Waals surface area contributed by atoms with Crippen molar-refractivity contribution in [2.45, 2.75) is 13.3 Å². The molecule has 0 atom stereocenters. The van der Waals surface area contributed by atoms with Gasteiger partial charge in [0.15, 0.2) is 5.78 Å². The van der Waals surface area contributed by atoms with Gasteiger partial charge >= 0.3 is 6.03 Å². The molecule has 0 aromatic heterocycles. The summed E-state index contributed by atoms with van der Waals surface area (Å²) in [5, 5.41) is 5.54. The minimum atomic E-state index is -0.257. The Morgan fingerprint density at radius 3 is 2.23 bits per heavy atom. The predicted molar refractivity (Wildman–Crippen MR) is 91.3 cm³/mol. The fraction of sp³-hybridized carbons (Fsp3) is 0.176. The van der Waals surface area contributed by atoms with Gasteiger partial charge < -0.3 is 10.6 Å². The first kappa shape index (κ1) is 16.2. The van der Waals surface area contributed by atoms with Crippen molar-refractivity contribution in [3.05, 3.63) is 64.1 Å². The van der Waals surface area contributed by atoms with Gasteiger partial charge in [-0.25, -0.2) is 4.79 Å². The maximum absolute atomic E-state index is 11.8. The molecule has 0 saturated carbocycles. The third-order valence-corrected chi connectivity index (χ3v) is 3.69. The van der Waals surface area contributed by atoms with Crippen LogP contribution in [0.2, 0.25) is 0 Å². The van der Waals surface area contributed by atoms with Gasteiger partial charge in [-0.3, -0.25) is 4.79 Å². The van der Waals surface area contributed by atoms with Gasteiger partial charge in [0.05, 0.1) is 0 Å². The molecule has 0 aliphatic carbocycles. The standard InChI is InChI=1S/C17H17BrN2O2/c1-12(21)14-4-8-16(9-5-14)20-17(22)19-11-10-13-2-6-15(18)7-3-13/h2-9H,10-11H2,1H3,(H2,19,20,22). The van der Waals surface area contributed by atoms with Crippen molar-refractivity contribution >= 4 is 33.4 Å². The van der Waals surface area contributed by atoms with E-state index in [-0.39, 0.29) is 11.8 Å². The number of carbonyl (C=O) groups is 2. The van der Waals surface area contributed by atoms with Crippen molar-refractivity contribution in [2.24, 2.45) is 0 Å². The molecule has 2 rings (SSSR count). The minimum Gasteiger partial charge on any atom is -0.338 e. The van der Waals surface area contributed by atoms with Crippen LogP contribution in [0.3, 0.4) is 0 Å². The summed E-state index contributed by atoms with van der Waals surface area (Å²) < 4.78 is 1.04. The summed E-state index contributed by atoms with van der Waals surface area (Å²) in [5.41, 5.74) is 2.45. The lowest BCUT2D eigenvalue weighted by Crippen LogP contribution is -2.30. The number of anilines is 1. The third kappa shape index (κ3) is 5.00. The van der Waals surface area contributed by atoms with E-state index in [1.54, 1.807) is 24.3 Å². The Balaban J connectivity index is 1.77. The van der Waals surface area contributed by atoms with Crippen LogP contribution in [-0.4, -0.2) is 18.4 Å². The third-order valence-electron chi connectivity index (χ3n) is 3.16. The lowest BCUT2D eigenvalue weighted by molar-refractivity contribution is 0.101. The zero-order chi connectivity index (χ0) is 15.9.